The quantitative estimate of drug-likeness (QED) is 0.708. The fraction of sp³-hybridized carbons (Fsp3) is 0.538. The van der Waals surface area contributed by atoms with Crippen molar-refractivity contribution in [1.29, 1.82) is 0 Å². The number of benzene rings is 1. The van der Waals surface area contributed by atoms with E-state index in [-0.39, 0.29) is 6.10 Å². The minimum absolute atomic E-state index is 0.257. The van der Waals surface area contributed by atoms with Crippen LogP contribution in [0.25, 0.3) is 0 Å². The Morgan fingerprint density at radius 3 is 2.36 bits per heavy atom. The summed E-state index contributed by atoms with van der Waals surface area (Å²) in [5, 5.41) is 0. The van der Waals surface area contributed by atoms with Crippen molar-refractivity contribution in [3.8, 4) is 5.75 Å². The van der Waals surface area contributed by atoms with Gasteiger partial charge in [0.1, 0.15) is 5.75 Å². The van der Waals surface area contributed by atoms with E-state index in [9.17, 15) is 0 Å². The molecule has 0 unspecified atom stereocenters. The van der Waals surface area contributed by atoms with Gasteiger partial charge in [-0.1, -0.05) is 26.0 Å². The van der Waals surface area contributed by atoms with Gasteiger partial charge >= 0.3 is 0 Å². The molecule has 14 heavy (non-hydrogen) atoms. The average Bonchev–Trinajstić information content (AvgIpc) is 2.16. The number of hydrogen-bond donors (Lipinski definition) is 0. The zero-order valence-corrected chi connectivity index (χ0v) is 9.63. The van der Waals surface area contributed by atoms with Crippen LogP contribution in [-0.4, -0.2) is 6.10 Å². The van der Waals surface area contributed by atoms with E-state index in [2.05, 4.69) is 45.9 Å². The van der Waals surface area contributed by atoms with E-state index >= 15 is 0 Å². The maximum absolute atomic E-state index is 5.78. The Labute approximate surface area is 87.1 Å². The van der Waals surface area contributed by atoms with E-state index in [1.165, 1.54) is 11.1 Å². The average molecular weight is 192 g/mol. The first kappa shape index (κ1) is 11.1. The van der Waals surface area contributed by atoms with Gasteiger partial charge in [0.05, 0.1) is 6.10 Å². The molecular formula is C13H20O. The molecule has 78 valence electrons. The van der Waals surface area contributed by atoms with Crippen LogP contribution in [0.15, 0.2) is 18.2 Å². The molecule has 0 N–H and O–H groups in total. The minimum atomic E-state index is 0.257. The Balaban J connectivity index is 2.96. The van der Waals surface area contributed by atoms with Crippen LogP contribution in [0.2, 0.25) is 0 Å². The fourth-order valence-corrected chi connectivity index (χ4v) is 1.47. The summed E-state index contributed by atoms with van der Waals surface area (Å²) in [6, 6.07) is 6.53. The van der Waals surface area contributed by atoms with Crippen molar-refractivity contribution >= 4 is 0 Å². The van der Waals surface area contributed by atoms with Crippen molar-refractivity contribution in [2.45, 2.75) is 46.6 Å². The van der Waals surface area contributed by atoms with Crippen LogP contribution in [0, 0.1) is 0 Å². The van der Waals surface area contributed by atoms with Crippen molar-refractivity contribution in [2.24, 2.45) is 0 Å². The molecule has 0 amide bonds. The lowest BCUT2D eigenvalue weighted by atomic mass is 10.1. The molecule has 1 aromatic carbocycles. The molecule has 0 saturated carbocycles. The molecule has 0 aliphatic carbocycles. The van der Waals surface area contributed by atoms with Crippen molar-refractivity contribution in [3.05, 3.63) is 29.3 Å². The summed E-state index contributed by atoms with van der Waals surface area (Å²) in [5.74, 6) is 1.06. The number of aryl methyl sites for hydroxylation is 2. The molecule has 0 aliphatic rings. The molecule has 0 radical (unpaired) electrons. The van der Waals surface area contributed by atoms with Crippen molar-refractivity contribution in [2.75, 3.05) is 0 Å². The highest BCUT2D eigenvalue weighted by molar-refractivity contribution is 5.37. The molecule has 0 fully saturated rings. The Bertz CT molecular complexity index is 289. The van der Waals surface area contributed by atoms with E-state index in [1.54, 1.807) is 0 Å². The first-order valence-corrected chi connectivity index (χ1v) is 5.45. The van der Waals surface area contributed by atoms with Crippen LogP contribution in [0.1, 0.15) is 38.8 Å². The van der Waals surface area contributed by atoms with Crippen molar-refractivity contribution in [1.82, 2.24) is 0 Å². The third-order valence-corrected chi connectivity index (χ3v) is 2.28. The van der Waals surface area contributed by atoms with E-state index in [0.29, 0.717) is 0 Å². The fourth-order valence-electron chi connectivity index (χ4n) is 1.47. The molecule has 1 nitrogen and oxygen atoms in total. The van der Waals surface area contributed by atoms with Crippen LogP contribution in [0.5, 0.6) is 5.75 Å². The first-order valence-electron chi connectivity index (χ1n) is 5.45. The standard InChI is InChI=1S/C13H20O/c1-5-11-7-8-12(6-2)13(9-11)14-10(3)4/h7-10H,5-6H2,1-4H3. The molecule has 0 atom stereocenters. The van der Waals surface area contributed by atoms with E-state index in [4.69, 9.17) is 4.74 Å². The molecule has 0 aliphatic heterocycles. The predicted octanol–water partition coefficient (Wildman–Crippen LogP) is 3.60. The van der Waals surface area contributed by atoms with Crippen LogP contribution < -0.4 is 4.74 Å². The second kappa shape index (κ2) is 5.04. The molecule has 0 heterocycles. The predicted molar refractivity (Wildman–Crippen MR) is 61.0 cm³/mol. The van der Waals surface area contributed by atoms with Crippen LogP contribution >= 0.6 is 0 Å². The lowest BCUT2D eigenvalue weighted by Gasteiger charge is -2.14. The van der Waals surface area contributed by atoms with Gasteiger partial charge < -0.3 is 4.74 Å². The monoisotopic (exact) mass is 192 g/mol. The summed E-state index contributed by atoms with van der Waals surface area (Å²) in [5.41, 5.74) is 2.65. The molecule has 1 aromatic rings. The topological polar surface area (TPSA) is 9.23 Å². The summed E-state index contributed by atoms with van der Waals surface area (Å²) >= 11 is 0. The largest absolute Gasteiger partial charge is 0.491 e. The summed E-state index contributed by atoms with van der Waals surface area (Å²) in [7, 11) is 0. The van der Waals surface area contributed by atoms with Crippen LogP contribution in [0.4, 0.5) is 0 Å². The Hall–Kier alpha value is -0.980. The van der Waals surface area contributed by atoms with E-state index in [1.807, 2.05) is 0 Å². The van der Waals surface area contributed by atoms with E-state index < -0.39 is 0 Å². The summed E-state index contributed by atoms with van der Waals surface area (Å²) in [6.45, 7) is 8.46. The van der Waals surface area contributed by atoms with Gasteiger partial charge in [0.15, 0.2) is 0 Å². The van der Waals surface area contributed by atoms with Gasteiger partial charge in [0, 0.05) is 0 Å². The molecule has 1 rings (SSSR count). The molecule has 0 spiro atoms. The van der Waals surface area contributed by atoms with Gasteiger partial charge in [-0.3, -0.25) is 0 Å². The zero-order chi connectivity index (χ0) is 10.6. The smallest absolute Gasteiger partial charge is 0.123 e. The van der Waals surface area contributed by atoms with Crippen LogP contribution in [0.3, 0.4) is 0 Å². The zero-order valence-electron chi connectivity index (χ0n) is 9.63. The second-order valence-corrected chi connectivity index (χ2v) is 3.82. The summed E-state index contributed by atoms with van der Waals surface area (Å²) in [6.07, 6.45) is 2.36. The molecule has 0 saturated heterocycles. The molecule has 0 aromatic heterocycles. The van der Waals surface area contributed by atoms with Gasteiger partial charge in [-0.05, 0) is 43.9 Å². The van der Waals surface area contributed by atoms with Gasteiger partial charge in [0.25, 0.3) is 0 Å². The normalized spacial score (nSPS) is 10.6. The molecule has 1 heteroatoms. The highest BCUT2D eigenvalue weighted by Crippen LogP contribution is 2.22. The van der Waals surface area contributed by atoms with E-state index in [0.717, 1.165) is 18.6 Å². The number of ether oxygens (including phenoxy) is 1. The maximum atomic E-state index is 5.78. The highest BCUT2D eigenvalue weighted by atomic mass is 16.5. The lowest BCUT2D eigenvalue weighted by Crippen LogP contribution is -2.07. The number of rotatable bonds is 4. The van der Waals surface area contributed by atoms with Gasteiger partial charge in [-0.2, -0.15) is 0 Å². The van der Waals surface area contributed by atoms with Gasteiger partial charge in [0.2, 0.25) is 0 Å². The SMILES string of the molecule is CCc1ccc(CC)c(OC(C)C)c1. The third-order valence-electron chi connectivity index (χ3n) is 2.28. The third kappa shape index (κ3) is 2.76. The van der Waals surface area contributed by atoms with Crippen molar-refractivity contribution < 1.29 is 4.74 Å². The van der Waals surface area contributed by atoms with Crippen LogP contribution in [-0.2, 0) is 12.8 Å². The Kier molecular flexibility index (Phi) is 3.99. The maximum Gasteiger partial charge on any atom is 0.123 e. The second-order valence-electron chi connectivity index (χ2n) is 3.82. The van der Waals surface area contributed by atoms with Gasteiger partial charge in [-0.25, -0.2) is 0 Å². The lowest BCUT2D eigenvalue weighted by molar-refractivity contribution is 0.240. The summed E-state index contributed by atoms with van der Waals surface area (Å²) < 4.78 is 5.78. The Morgan fingerprint density at radius 2 is 1.86 bits per heavy atom. The highest BCUT2D eigenvalue weighted by Gasteiger charge is 2.04. The first-order chi connectivity index (χ1) is 6.67. The van der Waals surface area contributed by atoms with Crippen molar-refractivity contribution in [3.63, 3.8) is 0 Å². The molecular weight excluding hydrogens is 172 g/mol. The minimum Gasteiger partial charge on any atom is -0.491 e. The molecule has 0 bridgehead atoms. The number of hydrogen-bond acceptors (Lipinski definition) is 1. The van der Waals surface area contributed by atoms with Gasteiger partial charge in [-0.15, -0.1) is 0 Å². The summed E-state index contributed by atoms with van der Waals surface area (Å²) in [4.78, 5) is 0. The Morgan fingerprint density at radius 1 is 1.14 bits per heavy atom.